The van der Waals surface area contributed by atoms with Crippen LogP contribution in [0.1, 0.15) is 13.8 Å². The molecule has 0 bridgehead atoms. The van der Waals surface area contributed by atoms with E-state index >= 15 is 0 Å². The normalized spacial score (nSPS) is 19.2. The molecule has 1 aliphatic heterocycles. The molecule has 0 saturated carbocycles. The average Bonchev–Trinajstić information content (AvgIpc) is 2.43. The molecular formula is C15H25ClN4. The van der Waals surface area contributed by atoms with Crippen LogP contribution in [0.5, 0.6) is 0 Å². The van der Waals surface area contributed by atoms with Crippen LogP contribution in [0.3, 0.4) is 0 Å². The first-order valence-corrected chi connectivity index (χ1v) is 7.72. The summed E-state index contributed by atoms with van der Waals surface area (Å²) in [6.07, 6.45) is 1.68. The van der Waals surface area contributed by atoms with Crippen molar-refractivity contribution in [1.82, 2.24) is 14.8 Å². The van der Waals surface area contributed by atoms with E-state index in [4.69, 9.17) is 11.6 Å². The Labute approximate surface area is 127 Å². The molecule has 0 aromatic carbocycles. The van der Waals surface area contributed by atoms with E-state index in [2.05, 4.69) is 41.0 Å². The number of nitrogens with zero attached hydrogens (tertiary/aromatic N) is 3. The predicted molar refractivity (Wildman–Crippen MR) is 85.4 cm³/mol. The predicted octanol–water partition coefficient (Wildman–Crippen LogP) is 2.42. The topological polar surface area (TPSA) is 31.4 Å². The maximum Gasteiger partial charge on any atom is 0.126 e. The van der Waals surface area contributed by atoms with Gasteiger partial charge in [-0.1, -0.05) is 25.4 Å². The average molecular weight is 297 g/mol. The van der Waals surface area contributed by atoms with E-state index in [1.807, 2.05) is 12.1 Å². The first-order chi connectivity index (χ1) is 9.56. The number of aromatic nitrogens is 1. The Kier molecular flexibility index (Phi) is 5.64. The summed E-state index contributed by atoms with van der Waals surface area (Å²) in [5, 5.41) is 4.11. The lowest BCUT2D eigenvalue weighted by Crippen LogP contribution is -2.52. The fourth-order valence-corrected chi connectivity index (χ4v) is 2.74. The Balaban J connectivity index is 1.90. The summed E-state index contributed by atoms with van der Waals surface area (Å²) < 4.78 is 0. The highest BCUT2D eigenvalue weighted by Crippen LogP contribution is 2.15. The zero-order chi connectivity index (χ0) is 14.5. The zero-order valence-corrected chi connectivity index (χ0v) is 13.4. The molecule has 0 aliphatic carbocycles. The van der Waals surface area contributed by atoms with Gasteiger partial charge in [-0.2, -0.15) is 0 Å². The van der Waals surface area contributed by atoms with E-state index in [-0.39, 0.29) is 0 Å². The van der Waals surface area contributed by atoms with Gasteiger partial charge in [-0.3, -0.25) is 4.90 Å². The van der Waals surface area contributed by atoms with Crippen LogP contribution in [0.4, 0.5) is 5.82 Å². The number of pyridine rings is 1. The SMILES string of the molecule is CC(C)C(CNc1ccc(Cl)cn1)N1CCN(C)CC1. The molecule has 1 aromatic rings. The summed E-state index contributed by atoms with van der Waals surface area (Å²) in [7, 11) is 2.19. The summed E-state index contributed by atoms with van der Waals surface area (Å²) in [6.45, 7) is 10.1. The van der Waals surface area contributed by atoms with Crippen LogP contribution in [0.15, 0.2) is 18.3 Å². The van der Waals surface area contributed by atoms with Crippen LogP contribution in [0.2, 0.25) is 5.02 Å². The minimum Gasteiger partial charge on any atom is -0.368 e. The van der Waals surface area contributed by atoms with Gasteiger partial charge in [0, 0.05) is 45.0 Å². The summed E-state index contributed by atoms with van der Waals surface area (Å²) in [6, 6.07) is 4.35. The smallest absolute Gasteiger partial charge is 0.126 e. The van der Waals surface area contributed by atoms with E-state index < -0.39 is 0 Å². The van der Waals surface area contributed by atoms with Gasteiger partial charge in [0.2, 0.25) is 0 Å². The maximum absolute atomic E-state index is 5.86. The fourth-order valence-electron chi connectivity index (χ4n) is 2.63. The van der Waals surface area contributed by atoms with Crippen LogP contribution in [0, 0.1) is 5.92 Å². The van der Waals surface area contributed by atoms with Gasteiger partial charge in [0.05, 0.1) is 5.02 Å². The molecule has 5 heteroatoms. The molecule has 0 amide bonds. The largest absolute Gasteiger partial charge is 0.368 e. The van der Waals surface area contributed by atoms with Crippen LogP contribution in [0.25, 0.3) is 0 Å². The standard InChI is InChI=1S/C15H25ClN4/c1-12(2)14(20-8-6-19(3)7-9-20)11-18-15-5-4-13(16)10-17-15/h4-5,10,12,14H,6-9,11H2,1-3H3,(H,17,18). The summed E-state index contributed by atoms with van der Waals surface area (Å²) in [5.41, 5.74) is 0. The van der Waals surface area contributed by atoms with Gasteiger partial charge in [0.1, 0.15) is 5.82 Å². The van der Waals surface area contributed by atoms with Gasteiger partial charge < -0.3 is 10.2 Å². The Morgan fingerprint density at radius 3 is 2.50 bits per heavy atom. The molecule has 0 spiro atoms. The highest BCUT2D eigenvalue weighted by molar-refractivity contribution is 6.30. The molecule has 1 atom stereocenters. The number of likely N-dealkylation sites (N-methyl/N-ethyl adjacent to an activating group) is 1. The van der Waals surface area contributed by atoms with Crippen LogP contribution < -0.4 is 5.32 Å². The molecule has 1 fully saturated rings. The van der Waals surface area contributed by atoms with Crippen molar-refractivity contribution < 1.29 is 0 Å². The molecule has 20 heavy (non-hydrogen) atoms. The molecule has 112 valence electrons. The van der Waals surface area contributed by atoms with E-state index in [9.17, 15) is 0 Å². The van der Waals surface area contributed by atoms with Gasteiger partial charge in [0.25, 0.3) is 0 Å². The lowest BCUT2D eigenvalue weighted by Gasteiger charge is -2.40. The third-order valence-corrected chi connectivity index (χ3v) is 4.22. The summed E-state index contributed by atoms with van der Waals surface area (Å²) >= 11 is 5.86. The molecule has 1 unspecified atom stereocenters. The van der Waals surface area contributed by atoms with Crippen molar-refractivity contribution in [2.24, 2.45) is 5.92 Å². The molecule has 1 aromatic heterocycles. The van der Waals surface area contributed by atoms with Gasteiger partial charge in [-0.05, 0) is 25.1 Å². The molecule has 1 aliphatic rings. The lowest BCUT2D eigenvalue weighted by atomic mass is 10.0. The molecular weight excluding hydrogens is 272 g/mol. The zero-order valence-electron chi connectivity index (χ0n) is 12.6. The third-order valence-electron chi connectivity index (χ3n) is 4.00. The second-order valence-corrected chi connectivity index (χ2v) is 6.33. The number of rotatable bonds is 5. The molecule has 4 nitrogen and oxygen atoms in total. The monoisotopic (exact) mass is 296 g/mol. The Morgan fingerprint density at radius 1 is 1.25 bits per heavy atom. The molecule has 2 heterocycles. The number of nitrogens with one attached hydrogen (secondary N) is 1. The molecule has 0 radical (unpaired) electrons. The van der Waals surface area contributed by atoms with Crippen molar-refractivity contribution in [2.45, 2.75) is 19.9 Å². The molecule has 1 N–H and O–H groups in total. The number of piperazine rings is 1. The summed E-state index contributed by atoms with van der Waals surface area (Å²) in [4.78, 5) is 9.28. The van der Waals surface area contributed by atoms with Gasteiger partial charge in [0.15, 0.2) is 0 Å². The fraction of sp³-hybridized carbons (Fsp3) is 0.667. The van der Waals surface area contributed by atoms with Gasteiger partial charge in [-0.25, -0.2) is 4.98 Å². The Bertz CT molecular complexity index is 399. The van der Waals surface area contributed by atoms with Crippen molar-refractivity contribution in [1.29, 1.82) is 0 Å². The number of hydrogen-bond acceptors (Lipinski definition) is 4. The van der Waals surface area contributed by atoms with Crippen molar-refractivity contribution in [2.75, 3.05) is 45.1 Å². The first-order valence-electron chi connectivity index (χ1n) is 7.34. The van der Waals surface area contributed by atoms with Crippen LogP contribution >= 0.6 is 11.6 Å². The summed E-state index contributed by atoms with van der Waals surface area (Å²) in [5.74, 6) is 1.52. The van der Waals surface area contributed by atoms with E-state index in [1.54, 1.807) is 6.20 Å². The highest BCUT2D eigenvalue weighted by Gasteiger charge is 2.24. The quantitative estimate of drug-likeness (QED) is 0.904. The molecule has 2 rings (SSSR count). The highest BCUT2D eigenvalue weighted by atomic mass is 35.5. The maximum atomic E-state index is 5.86. The second-order valence-electron chi connectivity index (χ2n) is 5.89. The Hall–Kier alpha value is -0.840. The van der Waals surface area contributed by atoms with Gasteiger partial charge in [-0.15, -0.1) is 0 Å². The van der Waals surface area contributed by atoms with Gasteiger partial charge >= 0.3 is 0 Å². The molecule has 1 saturated heterocycles. The van der Waals surface area contributed by atoms with Crippen LogP contribution in [-0.2, 0) is 0 Å². The van der Waals surface area contributed by atoms with E-state index in [0.717, 1.165) is 38.5 Å². The number of anilines is 1. The minimum atomic E-state index is 0.543. The minimum absolute atomic E-state index is 0.543. The van der Waals surface area contributed by atoms with Crippen molar-refractivity contribution in [3.63, 3.8) is 0 Å². The van der Waals surface area contributed by atoms with Crippen LogP contribution in [-0.4, -0.2) is 60.6 Å². The van der Waals surface area contributed by atoms with E-state index in [1.165, 1.54) is 0 Å². The first kappa shape index (κ1) is 15.5. The number of hydrogen-bond donors (Lipinski definition) is 1. The van der Waals surface area contributed by atoms with Crippen molar-refractivity contribution >= 4 is 17.4 Å². The van der Waals surface area contributed by atoms with Crippen molar-refractivity contribution in [3.8, 4) is 0 Å². The number of halogens is 1. The van der Waals surface area contributed by atoms with Crippen molar-refractivity contribution in [3.05, 3.63) is 23.4 Å². The third kappa shape index (κ3) is 4.33. The lowest BCUT2D eigenvalue weighted by molar-refractivity contribution is 0.0944. The second kappa shape index (κ2) is 7.25. The van der Waals surface area contributed by atoms with E-state index in [0.29, 0.717) is 17.0 Å². The Morgan fingerprint density at radius 2 is 1.95 bits per heavy atom.